The molecule has 0 aliphatic heterocycles. The summed E-state index contributed by atoms with van der Waals surface area (Å²) in [7, 11) is 2.62. The van der Waals surface area contributed by atoms with Gasteiger partial charge in [-0.15, -0.1) is 0 Å². The van der Waals surface area contributed by atoms with Crippen molar-refractivity contribution in [3.05, 3.63) is 11.6 Å². The van der Waals surface area contributed by atoms with Gasteiger partial charge in [0.25, 0.3) is 0 Å². The molecule has 0 N–H and O–H groups in total. The van der Waals surface area contributed by atoms with E-state index >= 15 is 0 Å². The van der Waals surface area contributed by atoms with E-state index in [1.807, 2.05) is 0 Å². The summed E-state index contributed by atoms with van der Waals surface area (Å²) in [5.74, 6) is -1.24. The van der Waals surface area contributed by atoms with Crippen molar-refractivity contribution in [3.63, 3.8) is 0 Å². The highest BCUT2D eigenvalue weighted by molar-refractivity contribution is 5.96. The van der Waals surface area contributed by atoms with Gasteiger partial charge in [0.2, 0.25) is 0 Å². The first-order valence-electron chi connectivity index (χ1n) is 4.07. The Kier molecular flexibility index (Phi) is 3.06. The molecule has 1 atom stereocenters. The summed E-state index contributed by atoms with van der Waals surface area (Å²) in [4.78, 5) is 22.3. The third-order valence-corrected chi connectivity index (χ3v) is 2.10. The van der Waals surface area contributed by atoms with Crippen molar-refractivity contribution in [2.45, 2.75) is 12.8 Å². The molecule has 4 nitrogen and oxygen atoms in total. The minimum atomic E-state index is -0.437. The Balaban J connectivity index is 2.73. The first-order chi connectivity index (χ1) is 6.20. The van der Waals surface area contributed by atoms with E-state index in [-0.39, 0.29) is 5.97 Å². The molecule has 0 aromatic carbocycles. The van der Waals surface area contributed by atoms with Crippen LogP contribution in [0.15, 0.2) is 11.6 Å². The second-order valence-electron chi connectivity index (χ2n) is 2.80. The average molecular weight is 184 g/mol. The number of carbonyl (C=O) groups is 2. The van der Waals surface area contributed by atoms with E-state index in [0.717, 1.165) is 6.42 Å². The van der Waals surface area contributed by atoms with Gasteiger partial charge < -0.3 is 9.47 Å². The molecule has 0 heterocycles. The van der Waals surface area contributed by atoms with E-state index in [1.165, 1.54) is 14.2 Å². The summed E-state index contributed by atoms with van der Waals surface area (Å²) in [6.45, 7) is 0. The van der Waals surface area contributed by atoms with Crippen LogP contribution in [0, 0.1) is 5.92 Å². The fraction of sp³-hybridized carbons (Fsp3) is 0.556. The smallest absolute Gasteiger partial charge is 0.334 e. The standard InChI is InChI=1S/C9H12O4/c1-12-8(10)6-4-3-5-7(6)9(11)13-2/h4,7H,3,5H2,1-2H3. The van der Waals surface area contributed by atoms with Gasteiger partial charge in [0.1, 0.15) is 0 Å². The van der Waals surface area contributed by atoms with Crippen molar-refractivity contribution >= 4 is 11.9 Å². The number of methoxy groups -OCH3 is 2. The van der Waals surface area contributed by atoms with Gasteiger partial charge in [-0.05, 0) is 12.8 Å². The zero-order valence-electron chi connectivity index (χ0n) is 7.70. The molecule has 1 unspecified atom stereocenters. The van der Waals surface area contributed by atoms with Gasteiger partial charge in [0, 0.05) is 5.57 Å². The molecule has 0 saturated heterocycles. The largest absolute Gasteiger partial charge is 0.469 e. The van der Waals surface area contributed by atoms with Crippen molar-refractivity contribution in [2.75, 3.05) is 14.2 Å². The maximum Gasteiger partial charge on any atom is 0.334 e. The lowest BCUT2D eigenvalue weighted by Gasteiger charge is -2.09. The quantitative estimate of drug-likeness (QED) is 0.592. The Morgan fingerprint density at radius 1 is 1.38 bits per heavy atom. The molecule has 0 saturated carbocycles. The number of esters is 2. The van der Waals surface area contributed by atoms with Crippen molar-refractivity contribution in [3.8, 4) is 0 Å². The molecule has 0 aromatic rings. The van der Waals surface area contributed by atoms with E-state index in [1.54, 1.807) is 6.08 Å². The van der Waals surface area contributed by atoms with Crippen LogP contribution in [0.5, 0.6) is 0 Å². The van der Waals surface area contributed by atoms with Gasteiger partial charge in [-0.1, -0.05) is 6.08 Å². The fourth-order valence-corrected chi connectivity index (χ4v) is 1.43. The average Bonchev–Trinajstić information content (AvgIpc) is 2.63. The molecule has 1 aliphatic carbocycles. The lowest BCUT2D eigenvalue weighted by molar-refractivity contribution is -0.147. The van der Waals surface area contributed by atoms with E-state index in [2.05, 4.69) is 9.47 Å². The lowest BCUT2D eigenvalue weighted by atomic mass is 10.0. The minimum Gasteiger partial charge on any atom is -0.469 e. The number of ether oxygens (including phenoxy) is 2. The van der Waals surface area contributed by atoms with Gasteiger partial charge in [0.05, 0.1) is 20.1 Å². The van der Waals surface area contributed by atoms with Gasteiger partial charge in [-0.2, -0.15) is 0 Å². The summed E-state index contributed by atoms with van der Waals surface area (Å²) in [5, 5.41) is 0. The van der Waals surface area contributed by atoms with Crippen LogP contribution in [0.4, 0.5) is 0 Å². The van der Waals surface area contributed by atoms with Crippen molar-refractivity contribution in [1.82, 2.24) is 0 Å². The second-order valence-corrected chi connectivity index (χ2v) is 2.80. The zero-order valence-corrected chi connectivity index (χ0v) is 7.70. The van der Waals surface area contributed by atoms with Crippen LogP contribution in [-0.2, 0) is 19.1 Å². The number of hydrogen-bond donors (Lipinski definition) is 0. The van der Waals surface area contributed by atoms with Gasteiger partial charge in [0.15, 0.2) is 0 Å². The monoisotopic (exact) mass is 184 g/mol. The molecule has 4 heteroatoms. The third kappa shape index (κ3) is 1.88. The van der Waals surface area contributed by atoms with Crippen LogP contribution < -0.4 is 0 Å². The fourth-order valence-electron chi connectivity index (χ4n) is 1.43. The van der Waals surface area contributed by atoms with Crippen molar-refractivity contribution in [1.29, 1.82) is 0 Å². The maximum absolute atomic E-state index is 11.2. The highest BCUT2D eigenvalue weighted by atomic mass is 16.5. The Morgan fingerprint density at radius 2 is 2.08 bits per heavy atom. The topological polar surface area (TPSA) is 52.6 Å². The Labute approximate surface area is 76.5 Å². The molecule has 13 heavy (non-hydrogen) atoms. The van der Waals surface area contributed by atoms with E-state index in [4.69, 9.17) is 0 Å². The second kappa shape index (κ2) is 4.07. The minimum absolute atomic E-state index is 0.367. The summed E-state index contributed by atoms with van der Waals surface area (Å²) in [6, 6.07) is 0. The molecular weight excluding hydrogens is 172 g/mol. The first kappa shape index (κ1) is 9.77. The number of rotatable bonds is 2. The summed E-state index contributed by atoms with van der Waals surface area (Å²) in [6.07, 6.45) is 3.09. The Morgan fingerprint density at radius 3 is 2.62 bits per heavy atom. The number of hydrogen-bond acceptors (Lipinski definition) is 4. The van der Waals surface area contributed by atoms with E-state index in [0.29, 0.717) is 12.0 Å². The van der Waals surface area contributed by atoms with Gasteiger partial charge in [-0.3, -0.25) is 4.79 Å². The molecule has 0 amide bonds. The van der Waals surface area contributed by atoms with Crippen LogP contribution in [0.1, 0.15) is 12.8 Å². The normalized spacial score (nSPS) is 20.8. The zero-order chi connectivity index (χ0) is 9.84. The van der Waals surface area contributed by atoms with Crippen LogP contribution in [0.3, 0.4) is 0 Å². The summed E-state index contributed by atoms with van der Waals surface area (Å²) in [5.41, 5.74) is 0.425. The predicted octanol–water partition coefficient (Wildman–Crippen LogP) is 0.669. The molecule has 0 bridgehead atoms. The van der Waals surface area contributed by atoms with Crippen molar-refractivity contribution < 1.29 is 19.1 Å². The van der Waals surface area contributed by atoms with E-state index < -0.39 is 11.9 Å². The molecular formula is C9H12O4. The van der Waals surface area contributed by atoms with Gasteiger partial charge in [-0.25, -0.2) is 4.79 Å². The van der Waals surface area contributed by atoms with Crippen LogP contribution in [-0.4, -0.2) is 26.2 Å². The molecule has 1 rings (SSSR count). The number of allylic oxidation sites excluding steroid dienone is 1. The highest BCUT2D eigenvalue weighted by Gasteiger charge is 2.31. The molecule has 0 aromatic heterocycles. The van der Waals surface area contributed by atoms with Crippen molar-refractivity contribution in [2.24, 2.45) is 5.92 Å². The molecule has 1 aliphatic rings. The third-order valence-electron chi connectivity index (χ3n) is 2.10. The predicted molar refractivity (Wildman–Crippen MR) is 44.8 cm³/mol. The first-order valence-corrected chi connectivity index (χ1v) is 4.07. The lowest BCUT2D eigenvalue weighted by Crippen LogP contribution is -2.20. The number of carbonyl (C=O) groups excluding carboxylic acids is 2. The molecule has 0 fully saturated rings. The summed E-state index contributed by atoms with van der Waals surface area (Å²) >= 11 is 0. The summed E-state index contributed by atoms with van der Waals surface area (Å²) < 4.78 is 9.12. The van der Waals surface area contributed by atoms with Crippen LogP contribution in [0.25, 0.3) is 0 Å². The molecule has 0 spiro atoms. The Bertz CT molecular complexity index is 254. The van der Waals surface area contributed by atoms with Crippen LogP contribution >= 0.6 is 0 Å². The van der Waals surface area contributed by atoms with E-state index in [9.17, 15) is 9.59 Å². The highest BCUT2D eigenvalue weighted by Crippen LogP contribution is 2.27. The van der Waals surface area contributed by atoms with Crippen LogP contribution in [0.2, 0.25) is 0 Å². The SMILES string of the molecule is COC(=O)C1=CCCC1C(=O)OC. The molecule has 72 valence electrons. The Hall–Kier alpha value is -1.32. The maximum atomic E-state index is 11.2. The molecule has 0 radical (unpaired) electrons. The van der Waals surface area contributed by atoms with Gasteiger partial charge >= 0.3 is 11.9 Å².